The molecule has 1 fully saturated rings. The molecule has 2 aliphatic heterocycles. The number of hydrogen-bond donors (Lipinski definition) is 1. The number of amides is 2. The molecule has 1 aromatic heterocycles. The molecule has 2 aromatic carbocycles. The van der Waals surface area contributed by atoms with E-state index in [2.05, 4.69) is 27.3 Å². The SMILES string of the molecule is CCCC(=O)Nc1nc2ccc(CCC(=O)N3CCN(Cc4ccc5c(c4)OCO5)CC3)cc2s1. The molecule has 0 aliphatic carbocycles. The van der Waals surface area contributed by atoms with Crippen LogP contribution in [0.5, 0.6) is 11.5 Å². The van der Waals surface area contributed by atoms with Crippen LogP contribution < -0.4 is 14.8 Å². The third-order valence-electron chi connectivity index (χ3n) is 6.37. The zero-order valence-electron chi connectivity index (χ0n) is 19.9. The first-order valence-electron chi connectivity index (χ1n) is 12.2. The van der Waals surface area contributed by atoms with E-state index >= 15 is 0 Å². The van der Waals surface area contributed by atoms with Gasteiger partial charge in [0.1, 0.15) is 0 Å². The van der Waals surface area contributed by atoms with Crippen molar-refractivity contribution < 1.29 is 19.1 Å². The standard InChI is InChI=1S/C26H30N4O4S/c1-2-3-24(31)28-26-27-20-7-4-18(15-23(20)35-26)6-9-25(32)30-12-10-29(11-13-30)16-19-5-8-21-22(14-19)34-17-33-21/h4-5,7-8,14-15H,2-3,6,9-13,16-17H2,1H3,(H,27,28,31). The van der Waals surface area contributed by atoms with Crippen LogP contribution in [0.2, 0.25) is 0 Å². The number of nitrogens with one attached hydrogen (secondary N) is 1. The molecule has 0 atom stereocenters. The molecule has 2 amide bonds. The van der Waals surface area contributed by atoms with Crippen molar-refractivity contribution in [2.75, 3.05) is 38.3 Å². The molecule has 0 radical (unpaired) electrons. The lowest BCUT2D eigenvalue weighted by Crippen LogP contribution is -2.48. The number of hydrogen-bond acceptors (Lipinski definition) is 7. The minimum Gasteiger partial charge on any atom is -0.454 e. The van der Waals surface area contributed by atoms with Crippen LogP contribution >= 0.6 is 11.3 Å². The van der Waals surface area contributed by atoms with E-state index in [1.54, 1.807) is 0 Å². The van der Waals surface area contributed by atoms with Gasteiger partial charge in [0.25, 0.3) is 0 Å². The number of aromatic nitrogens is 1. The summed E-state index contributed by atoms with van der Waals surface area (Å²) in [6.07, 6.45) is 2.49. The Labute approximate surface area is 208 Å². The van der Waals surface area contributed by atoms with E-state index in [0.717, 1.165) is 66.4 Å². The highest BCUT2D eigenvalue weighted by Gasteiger charge is 2.22. The third kappa shape index (κ3) is 5.74. The predicted molar refractivity (Wildman–Crippen MR) is 136 cm³/mol. The highest BCUT2D eigenvalue weighted by Crippen LogP contribution is 2.33. The monoisotopic (exact) mass is 494 g/mol. The summed E-state index contributed by atoms with van der Waals surface area (Å²) >= 11 is 1.48. The summed E-state index contributed by atoms with van der Waals surface area (Å²) in [6, 6.07) is 12.2. The van der Waals surface area contributed by atoms with Crippen LogP contribution in [0.4, 0.5) is 5.13 Å². The van der Waals surface area contributed by atoms with Crippen LogP contribution in [0.15, 0.2) is 36.4 Å². The number of ether oxygens (including phenoxy) is 2. The zero-order valence-corrected chi connectivity index (χ0v) is 20.7. The number of rotatable bonds is 8. The van der Waals surface area contributed by atoms with Crippen molar-refractivity contribution in [3.8, 4) is 11.5 Å². The second kappa shape index (κ2) is 10.6. The van der Waals surface area contributed by atoms with Crippen LogP contribution in [-0.2, 0) is 22.6 Å². The normalized spacial score (nSPS) is 15.5. The fourth-order valence-electron chi connectivity index (χ4n) is 4.45. The van der Waals surface area contributed by atoms with Crippen molar-refractivity contribution in [3.05, 3.63) is 47.5 Å². The molecule has 3 heterocycles. The summed E-state index contributed by atoms with van der Waals surface area (Å²) in [4.78, 5) is 33.5. The van der Waals surface area contributed by atoms with Crippen molar-refractivity contribution in [1.82, 2.24) is 14.8 Å². The molecule has 0 unspecified atom stereocenters. The minimum atomic E-state index is -0.00614. The molecule has 2 aliphatic rings. The van der Waals surface area contributed by atoms with Gasteiger partial charge in [-0.2, -0.15) is 0 Å². The van der Waals surface area contributed by atoms with Crippen molar-refractivity contribution in [1.29, 1.82) is 0 Å². The fourth-order valence-corrected chi connectivity index (χ4v) is 5.39. The van der Waals surface area contributed by atoms with Crippen molar-refractivity contribution in [2.24, 2.45) is 0 Å². The average molecular weight is 495 g/mol. The Hall–Kier alpha value is -3.17. The van der Waals surface area contributed by atoms with E-state index in [1.165, 1.54) is 16.9 Å². The predicted octanol–water partition coefficient (Wildman–Crippen LogP) is 4.04. The van der Waals surface area contributed by atoms with Crippen LogP contribution in [0.1, 0.15) is 37.3 Å². The number of aryl methyl sites for hydroxylation is 1. The maximum absolute atomic E-state index is 12.8. The van der Waals surface area contributed by atoms with E-state index < -0.39 is 0 Å². The summed E-state index contributed by atoms with van der Waals surface area (Å²) in [6.45, 7) is 6.33. The van der Waals surface area contributed by atoms with Gasteiger partial charge in [-0.3, -0.25) is 14.5 Å². The van der Waals surface area contributed by atoms with E-state index in [1.807, 2.05) is 36.1 Å². The maximum Gasteiger partial charge on any atom is 0.231 e. The first kappa shape index (κ1) is 23.6. The highest BCUT2D eigenvalue weighted by atomic mass is 32.1. The molecule has 1 N–H and O–H groups in total. The van der Waals surface area contributed by atoms with Gasteiger partial charge in [0.2, 0.25) is 18.6 Å². The van der Waals surface area contributed by atoms with Crippen LogP contribution in [0.3, 0.4) is 0 Å². The Balaban J connectivity index is 1.09. The van der Waals surface area contributed by atoms with Gasteiger partial charge in [-0.25, -0.2) is 4.98 Å². The smallest absolute Gasteiger partial charge is 0.231 e. The zero-order chi connectivity index (χ0) is 24.2. The van der Waals surface area contributed by atoms with E-state index in [0.29, 0.717) is 24.4 Å². The summed E-state index contributed by atoms with van der Waals surface area (Å²) in [5.41, 5.74) is 3.18. The van der Waals surface area contributed by atoms with Crippen LogP contribution in [0, 0.1) is 0 Å². The molecule has 0 bridgehead atoms. The summed E-state index contributed by atoms with van der Waals surface area (Å²) in [7, 11) is 0. The molecule has 9 heteroatoms. The van der Waals surface area contributed by atoms with Gasteiger partial charge in [-0.1, -0.05) is 30.4 Å². The average Bonchev–Trinajstić information content (AvgIpc) is 3.48. The number of carbonyl (C=O) groups excluding carboxylic acids is 2. The first-order valence-corrected chi connectivity index (χ1v) is 13.0. The van der Waals surface area contributed by atoms with Gasteiger partial charge >= 0.3 is 0 Å². The molecular formula is C26H30N4O4S. The number of carbonyl (C=O) groups is 2. The molecule has 0 spiro atoms. The Morgan fingerprint density at radius 1 is 1.00 bits per heavy atom. The number of anilines is 1. The number of fused-ring (bicyclic) bond motifs is 2. The number of piperazine rings is 1. The second-order valence-corrected chi connectivity index (χ2v) is 9.99. The lowest BCUT2D eigenvalue weighted by atomic mass is 10.1. The molecule has 184 valence electrons. The Morgan fingerprint density at radius 3 is 2.63 bits per heavy atom. The molecule has 5 rings (SSSR count). The second-order valence-electron chi connectivity index (χ2n) is 8.96. The van der Waals surface area contributed by atoms with Gasteiger partial charge in [0, 0.05) is 45.6 Å². The van der Waals surface area contributed by atoms with Crippen LogP contribution in [-0.4, -0.2) is 59.6 Å². The van der Waals surface area contributed by atoms with Crippen molar-refractivity contribution in [3.63, 3.8) is 0 Å². The van der Waals surface area contributed by atoms with E-state index in [9.17, 15) is 9.59 Å². The summed E-state index contributed by atoms with van der Waals surface area (Å²) in [5.74, 6) is 1.81. The topological polar surface area (TPSA) is 84.0 Å². The molecule has 8 nitrogen and oxygen atoms in total. The first-order chi connectivity index (χ1) is 17.1. The minimum absolute atomic E-state index is 0.00614. The van der Waals surface area contributed by atoms with Gasteiger partial charge < -0.3 is 19.7 Å². The number of thiazole rings is 1. The number of benzene rings is 2. The summed E-state index contributed by atoms with van der Waals surface area (Å²) < 4.78 is 11.9. The van der Waals surface area contributed by atoms with Crippen molar-refractivity contribution >= 4 is 38.5 Å². The quantitative estimate of drug-likeness (QED) is 0.509. The van der Waals surface area contributed by atoms with Crippen molar-refractivity contribution in [2.45, 2.75) is 39.2 Å². The van der Waals surface area contributed by atoms with Crippen LogP contribution in [0.25, 0.3) is 10.2 Å². The van der Waals surface area contributed by atoms with E-state index in [-0.39, 0.29) is 18.6 Å². The fraction of sp³-hybridized carbons (Fsp3) is 0.423. The molecule has 35 heavy (non-hydrogen) atoms. The highest BCUT2D eigenvalue weighted by molar-refractivity contribution is 7.22. The molecule has 0 saturated carbocycles. The third-order valence-corrected chi connectivity index (χ3v) is 7.31. The molecular weight excluding hydrogens is 464 g/mol. The summed E-state index contributed by atoms with van der Waals surface area (Å²) in [5, 5.41) is 3.50. The Kier molecular flexibility index (Phi) is 7.15. The Bertz CT molecular complexity index is 1220. The largest absolute Gasteiger partial charge is 0.454 e. The molecule has 3 aromatic rings. The van der Waals surface area contributed by atoms with E-state index in [4.69, 9.17) is 9.47 Å². The lowest BCUT2D eigenvalue weighted by Gasteiger charge is -2.34. The van der Waals surface area contributed by atoms with Gasteiger partial charge in [-0.05, 0) is 48.2 Å². The number of nitrogens with zero attached hydrogens (tertiary/aromatic N) is 3. The maximum atomic E-state index is 12.8. The van der Waals surface area contributed by atoms with Gasteiger partial charge in [-0.15, -0.1) is 0 Å². The van der Waals surface area contributed by atoms with Gasteiger partial charge in [0.05, 0.1) is 10.2 Å². The van der Waals surface area contributed by atoms with Gasteiger partial charge in [0.15, 0.2) is 16.6 Å². The Morgan fingerprint density at radius 2 is 1.80 bits per heavy atom. The molecule has 1 saturated heterocycles. The lowest BCUT2D eigenvalue weighted by molar-refractivity contribution is -0.133.